The second-order valence-corrected chi connectivity index (χ2v) is 3.59. The van der Waals surface area contributed by atoms with Crippen LogP contribution in [0.4, 0.5) is 5.82 Å². The van der Waals surface area contributed by atoms with Gasteiger partial charge in [0.05, 0.1) is 0 Å². The summed E-state index contributed by atoms with van der Waals surface area (Å²) in [5.74, 6) is 0.482. The third kappa shape index (κ3) is 1.86. The molecule has 1 atom stereocenters. The van der Waals surface area contributed by atoms with Crippen molar-refractivity contribution in [2.75, 3.05) is 19.8 Å². The Morgan fingerprint density at radius 3 is 2.57 bits per heavy atom. The van der Waals surface area contributed by atoms with E-state index >= 15 is 0 Å². The smallest absolute Gasteiger partial charge is 0.246 e. The first-order chi connectivity index (χ1) is 6.43. The van der Waals surface area contributed by atoms with Gasteiger partial charge in [0.2, 0.25) is 5.91 Å². The van der Waals surface area contributed by atoms with Crippen LogP contribution in [-0.4, -0.2) is 34.7 Å². The van der Waals surface area contributed by atoms with Gasteiger partial charge in [-0.3, -0.25) is 9.48 Å². The molecule has 0 aliphatic rings. The number of aryl methyl sites for hydroxylation is 1. The number of nitrogen functional groups attached to an aromatic ring is 1. The van der Waals surface area contributed by atoms with Gasteiger partial charge in [-0.2, -0.15) is 5.10 Å². The fraction of sp³-hybridized carbons (Fsp3) is 0.556. The predicted molar refractivity (Wildman–Crippen MR) is 54.8 cm³/mol. The molecule has 0 saturated heterocycles. The van der Waals surface area contributed by atoms with E-state index < -0.39 is 0 Å². The Morgan fingerprint density at radius 1 is 1.64 bits per heavy atom. The summed E-state index contributed by atoms with van der Waals surface area (Å²) in [5, 5.41) is 4.06. The predicted octanol–water partition coefficient (Wildman–Crippen LogP) is 0.423. The first-order valence-electron chi connectivity index (χ1n) is 4.46. The van der Waals surface area contributed by atoms with Crippen molar-refractivity contribution in [3.63, 3.8) is 0 Å². The Morgan fingerprint density at radius 2 is 2.21 bits per heavy atom. The Bertz CT molecular complexity index is 323. The summed E-state index contributed by atoms with van der Waals surface area (Å²) in [7, 11) is 3.44. The van der Waals surface area contributed by atoms with Crippen LogP contribution in [0.15, 0.2) is 6.20 Å². The maximum absolute atomic E-state index is 11.6. The second kappa shape index (κ2) is 3.69. The number of hydrogen-bond acceptors (Lipinski definition) is 3. The molecule has 0 radical (unpaired) electrons. The van der Waals surface area contributed by atoms with E-state index in [9.17, 15) is 4.79 Å². The van der Waals surface area contributed by atoms with Crippen molar-refractivity contribution in [2.45, 2.75) is 19.9 Å². The molecule has 1 unspecified atom stereocenters. The average molecular weight is 196 g/mol. The second-order valence-electron chi connectivity index (χ2n) is 3.59. The zero-order valence-electron chi connectivity index (χ0n) is 8.98. The fourth-order valence-corrected chi connectivity index (χ4v) is 1.18. The zero-order valence-corrected chi connectivity index (χ0v) is 8.98. The van der Waals surface area contributed by atoms with Crippen LogP contribution in [0.1, 0.15) is 18.5 Å². The minimum atomic E-state index is -0.305. The van der Waals surface area contributed by atoms with Gasteiger partial charge in [0.25, 0.3) is 0 Å². The van der Waals surface area contributed by atoms with Crippen molar-refractivity contribution in [3.05, 3.63) is 11.8 Å². The number of aromatic nitrogens is 2. The maximum atomic E-state index is 11.6. The van der Waals surface area contributed by atoms with Gasteiger partial charge in [0, 0.05) is 25.9 Å². The topological polar surface area (TPSA) is 64.2 Å². The molecule has 0 bridgehead atoms. The van der Waals surface area contributed by atoms with Gasteiger partial charge in [-0.15, -0.1) is 0 Å². The summed E-state index contributed by atoms with van der Waals surface area (Å²) < 4.78 is 1.59. The third-order valence-electron chi connectivity index (χ3n) is 2.15. The molecule has 1 aromatic heterocycles. The monoisotopic (exact) mass is 196 g/mol. The van der Waals surface area contributed by atoms with E-state index in [0.29, 0.717) is 5.82 Å². The molecular weight excluding hydrogens is 180 g/mol. The molecule has 0 spiro atoms. The first-order valence-corrected chi connectivity index (χ1v) is 4.46. The van der Waals surface area contributed by atoms with Crippen LogP contribution in [0.3, 0.4) is 0 Å². The van der Waals surface area contributed by atoms with Crippen molar-refractivity contribution >= 4 is 11.7 Å². The molecule has 14 heavy (non-hydrogen) atoms. The summed E-state index contributed by atoms with van der Waals surface area (Å²) in [6.07, 6.45) is 1.78. The number of anilines is 1. The summed E-state index contributed by atoms with van der Waals surface area (Å²) in [6.45, 7) is 3.67. The summed E-state index contributed by atoms with van der Waals surface area (Å²) in [4.78, 5) is 13.1. The Kier molecular flexibility index (Phi) is 2.78. The van der Waals surface area contributed by atoms with E-state index in [1.165, 1.54) is 4.90 Å². The van der Waals surface area contributed by atoms with Crippen LogP contribution in [0.2, 0.25) is 0 Å². The van der Waals surface area contributed by atoms with Gasteiger partial charge >= 0.3 is 0 Å². The summed E-state index contributed by atoms with van der Waals surface area (Å²) >= 11 is 0. The lowest BCUT2D eigenvalue weighted by Crippen LogP contribution is -2.30. The SMILES string of the molecule is Cc1cn(C(C)C(=O)N(C)C)nc1N. The number of carbonyl (C=O) groups excluding carboxylic acids is 1. The molecule has 78 valence electrons. The van der Waals surface area contributed by atoms with Gasteiger partial charge in [-0.25, -0.2) is 0 Å². The molecule has 5 heteroatoms. The number of nitrogens with two attached hydrogens (primary N) is 1. The Balaban J connectivity index is 2.89. The zero-order chi connectivity index (χ0) is 10.9. The molecule has 1 heterocycles. The highest BCUT2D eigenvalue weighted by Gasteiger charge is 2.18. The van der Waals surface area contributed by atoms with Crippen LogP contribution in [0.25, 0.3) is 0 Å². The normalized spacial score (nSPS) is 12.6. The standard InChI is InChI=1S/C9H16N4O/c1-6-5-13(11-8(6)10)7(2)9(14)12(3)4/h5,7H,1-4H3,(H2,10,11). The van der Waals surface area contributed by atoms with Crippen molar-refractivity contribution in [3.8, 4) is 0 Å². The molecule has 2 N–H and O–H groups in total. The number of nitrogens with zero attached hydrogens (tertiary/aromatic N) is 3. The highest BCUT2D eigenvalue weighted by Crippen LogP contribution is 2.13. The molecule has 1 amide bonds. The largest absolute Gasteiger partial charge is 0.382 e. The molecule has 0 saturated carbocycles. The van der Waals surface area contributed by atoms with Gasteiger partial charge in [0.1, 0.15) is 11.9 Å². The van der Waals surface area contributed by atoms with Crippen LogP contribution in [0.5, 0.6) is 0 Å². The lowest BCUT2D eigenvalue weighted by Gasteiger charge is -2.16. The van der Waals surface area contributed by atoms with Crippen LogP contribution in [-0.2, 0) is 4.79 Å². The van der Waals surface area contributed by atoms with Crippen molar-refractivity contribution in [1.82, 2.24) is 14.7 Å². The maximum Gasteiger partial charge on any atom is 0.246 e. The lowest BCUT2D eigenvalue weighted by molar-refractivity contribution is -0.131. The summed E-state index contributed by atoms with van der Waals surface area (Å²) in [6, 6.07) is -0.305. The number of carbonyl (C=O) groups is 1. The Hall–Kier alpha value is -1.52. The summed E-state index contributed by atoms with van der Waals surface area (Å²) in [5.41, 5.74) is 6.49. The van der Waals surface area contributed by atoms with Gasteiger partial charge in [0.15, 0.2) is 0 Å². The van der Waals surface area contributed by atoms with Crippen LogP contribution in [0, 0.1) is 6.92 Å². The molecule has 0 aliphatic carbocycles. The first kappa shape index (κ1) is 10.6. The van der Waals surface area contributed by atoms with Gasteiger partial charge < -0.3 is 10.6 Å². The minimum Gasteiger partial charge on any atom is -0.382 e. The number of hydrogen-bond donors (Lipinski definition) is 1. The van der Waals surface area contributed by atoms with E-state index in [4.69, 9.17) is 5.73 Å². The van der Waals surface area contributed by atoms with E-state index in [0.717, 1.165) is 5.56 Å². The average Bonchev–Trinajstić information content (AvgIpc) is 2.44. The number of amides is 1. The number of rotatable bonds is 2. The molecular formula is C9H16N4O. The van der Waals surface area contributed by atoms with Crippen LogP contribution < -0.4 is 5.73 Å². The minimum absolute atomic E-state index is 0.00694. The van der Waals surface area contributed by atoms with E-state index in [1.807, 2.05) is 6.92 Å². The Labute approximate surface area is 83.5 Å². The van der Waals surface area contributed by atoms with E-state index in [1.54, 1.807) is 31.9 Å². The highest BCUT2D eigenvalue weighted by molar-refractivity contribution is 5.79. The molecule has 5 nitrogen and oxygen atoms in total. The van der Waals surface area contributed by atoms with E-state index in [-0.39, 0.29) is 11.9 Å². The molecule has 0 fully saturated rings. The molecule has 1 rings (SSSR count). The van der Waals surface area contributed by atoms with Crippen molar-refractivity contribution in [1.29, 1.82) is 0 Å². The molecule has 1 aromatic rings. The van der Waals surface area contributed by atoms with Crippen LogP contribution >= 0.6 is 0 Å². The van der Waals surface area contributed by atoms with Gasteiger partial charge in [-0.1, -0.05) is 0 Å². The fourth-order valence-electron chi connectivity index (χ4n) is 1.18. The van der Waals surface area contributed by atoms with E-state index in [2.05, 4.69) is 5.10 Å². The van der Waals surface area contributed by atoms with Gasteiger partial charge in [-0.05, 0) is 13.8 Å². The van der Waals surface area contributed by atoms with Crippen molar-refractivity contribution < 1.29 is 4.79 Å². The molecule has 0 aliphatic heterocycles. The number of likely N-dealkylation sites (N-methyl/N-ethyl adjacent to an activating group) is 1. The van der Waals surface area contributed by atoms with Crippen molar-refractivity contribution in [2.24, 2.45) is 0 Å². The molecule has 0 aromatic carbocycles. The quantitative estimate of drug-likeness (QED) is 0.745. The highest BCUT2D eigenvalue weighted by atomic mass is 16.2. The lowest BCUT2D eigenvalue weighted by atomic mass is 10.3. The third-order valence-corrected chi connectivity index (χ3v) is 2.15.